The van der Waals surface area contributed by atoms with Gasteiger partial charge in [0, 0.05) is 35.0 Å². The molecule has 0 spiro atoms. The molecule has 0 amide bonds. The molecule has 86 valence electrons. The molecule has 2 heteroatoms. The average Bonchev–Trinajstić information content (AvgIpc) is 2.66. The van der Waals surface area contributed by atoms with Gasteiger partial charge in [0.25, 0.3) is 0 Å². The maximum Gasteiger partial charge on any atom is 0.0722 e. The second kappa shape index (κ2) is 3.59. The summed E-state index contributed by atoms with van der Waals surface area (Å²) in [7, 11) is 0. The fourth-order valence-electron chi connectivity index (χ4n) is 2.32. The summed E-state index contributed by atoms with van der Waals surface area (Å²) < 4.78 is 0. The van der Waals surface area contributed by atoms with Crippen LogP contribution in [0.3, 0.4) is 0 Å². The summed E-state index contributed by atoms with van der Waals surface area (Å²) in [6, 6.07) is 12.4. The van der Waals surface area contributed by atoms with Crippen LogP contribution in [-0.4, -0.2) is 11.5 Å². The van der Waals surface area contributed by atoms with Crippen LogP contribution in [0.15, 0.2) is 42.6 Å². The van der Waals surface area contributed by atoms with Crippen molar-refractivity contribution in [3.8, 4) is 11.3 Å². The maximum atomic E-state index is 4.58. The highest BCUT2D eigenvalue weighted by Gasteiger charge is 2.30. The van der Waals surface area contributed by atoms with E-state index in [1.54, 1.807) is 0 Å². The van der Waals surface area contributed by atoms with E-state index in [4.69, 9.17) is 0 Å². The molecule has 0 bridgehead atoms. The van der Waals surface area contributed by atoms with Gasteiger partial charge in [-0.3, -0.25) is 4.98 Å². The zero-order valence-electron chi connectivity index (χ0n) is 10.2. The van der Waals surface area contributed by atoms with Crippen molar-refractivity contribution in [1.29, 1.82) is 0 Å². The van der Waals surface area contributed by atoms with Gasteiger partial charge in [0.15, 0.2) is 0 Å². The number of hydrogen-bond donors (Lipinski definition) is 1. The molecule has 3 rings (SSSR count). The van der Waals surface area contributed by atoms with Crippen molar-refractivity contribution in [2.24, 2.45) is 0 Å². The summed E-state index contributed by atoms with van der Waals surface area (Å²) >= 11 is 0. The Morgan fingerprint density at radius 1 is 1.18 bits per heavy atom. The molecule has 2 aromatic rings. The molecule has 1 aliphatic rings. The fourth-order valence-corrected chi connectivity index (χ4v) is 2.32. The fraction of sp³-hybridized carbons (Fsp3) is 0.267. The van der Waals surface area contributed by atoms with Crippen molar-refractivity contribution in [3.63, 3.8) is 0 Å². The van der Waals surface area contributed by atoms with Gasteiger partial charge >= 0.3 is 0 Å². The van der Waals surface area contributed by atoms with E-state index in [0.717, 1.165) is 12.2 Å². The summed E-state index contributed by atoms with van der Waals surface area (Å²) in [6.45, 7) is 5.48. The molecule has 17 heavy (non-hydrogen) atoms. The molecule has 1 aromatic heterocycles. The van der Waals surface area contributed by atoms with Crippen LogP contribution in [-0.2, 0) is 5.41 Å². The molecule has 0 fully saturated rings. The predicted octanol–water partition coefficient (Wildman–Crippen LogP) is 3.45. The summed E-state index contributed by atoms with van der Waals surface area (Å²) in [5, 5.41) is 3.46. The molecule has 1 N–H and O–H groups in total. The van der Waals surface area contributed by atoms with Gasteiger partial charge in [-0.2, -0.15) is 0 Å². The van der Waals surface area contributed by atoms with Crippen LogP contribution >= 0.6 is 0 Å². The molecule has 2 nitrogen and oxygen atoms in total. The van der Waals surface area contributed by atoms with Gasteiger partial charge in [0.2, 0.25) is 0 Å². The highest BCUT2D eigenvalue weighted by molar-refractivity contribution is 5.69. The van der Waals surface area contributed by atoms with Gasteiger partial charge < -0.3 is 5.32 Å². The Labute approximate surface area is 102 Å². The molecule has 2 heterocycles. The number of pyridine rings is 1. The number of nitrogens with one attached hydrogen (secondary N) is 1. The Bertz CT molecular complexity index is 544. The normalized spacial score (nSPS) is 16.4. The van der Waals surface area contributed by atoms with E-state index in [0.29, 0.717) is 0 Å². The Balaban J connectivity index is 2.07. The van der Waals surface area contributed by atoms with E-state index in [-0.39, 0.29) is 5.41 Å². The first kappa shape index (κ1) is 10.3. The van der Waals surface area contributed by atoms with Gasteiger partial charge in [-0.25, -0.2) is 0 Å². The van der Waals surface area contributed by atoms with Gasteiger partial charge in [0.1, 0.15) is 0 Å². The highest BCUT2D eigenvalue weighted by atomic mass is 14.9. The Morgan fingerprint density at radius 3 is 2.71 bits per heavy atom. The highest BCUT2D eigenvalue weighted by Crippen LogP contribution is 2.37. The van der Waals surface area contributed by atoms with Crippen LogP contribution < -0.4 is 5.32 Å². The number of anilines is 1. The molecule has 0 saturated carbocycles. The second-order valence-electron chi connectivity index (χ2n) is 5.22. The second-order valence-corrected chi connectivity index (χ2v) is 5.22. The third-order valence-electron chi connectivity index (χ3n) is 3.42. The lowest BCUT2D eigenvalue weighted by atomic mass is 9.88. The van der Waals surface area contributed by atoms with E-state index in [1.807, 2.05) is 24.4 Å². The van der Waals surface area contributed by atoms with Crippen LogP contribution in [0.4, 0.5) is 5.69 Å². The van der Waals surface area contributed by atoms with Crippen LogP contribution in [0, 0.1) is 0 Å². The first-order valence-electron chi connectivity index (χ1n) is 5.97. The van der Waals surface area contributed by atoms with E-state index in [1.165, 1.54) is 16.8 Å². The molecule has 0 radical (unpaired) electrons. The average molecular weight is 224 g/mol. The topological polar surface area (TPSA) is 24.9 Å². The summed E-state index contributed by atoms with van der Waals surface area (Å²) in [5.41, 5.74) is 4.94. The van der Waals surface area contributed by atoms with E-state index in [9.17, 15) is 0 Å². The number of rotatable bonds is 1. The van der Waals surface area contributed by atoms with Crippen molar-refractivity contribution in [2.75, 3.05) is 11.9 Å². The number of nitrogens with zero attached hydrogens (tertiary/aromatic N) is 1. The van der Waals surface area contributed by atoms with Crippen molar-refractivity contribution in [3.05, 3.63) is 48.2 Å². The third kappa shape index (κ3) is 1.70. The van der Waals surface area contributed by atoms with Crippen LogP contribution in [0.5, 0.6) is 0 Å². The van der Waals surface area contributed by atoms with Gasteiger partial charge in [-0.05, 0) is 6.07 Å². The molecule has 0 atom stereocenters. The SMILES string of the molecule is CC1(C)CNc2cc(-c3ccccc3)ncc21. The first-order chi connectivity index (χ1) is 8.17. The van der Waals surface area contributed by atoms with Gasteiger partial charge in [-0.15, -0.1) is 0 Å². The molecule has 0 unspecified atom stereocenters. The minimum absolute atomic E-state index is 0.192. The van der Waals surface area contributed by atoms with E-state index >= 15 is 0 Å². The number of fused-ring (bicyclic) bond motifs is 1. The first-order valence-corrected chi connectivity index (χ1v) is 5.97. The van der Waals surface area contributed by atoms with Crippen LogP contribution in [0.2, 0.25) is 0 Å². The lowest BCUT2D eigenvalue weighted by Gasteiger charge is -2.16. The number of aromatic nitrogens is 1. The Hall–Kier alpha value is -1.83. The number of hydrogen-bond acceptors (Lipinski definition) is 2. The Kier molecular flexibility index (Phi) is 2.18. The lowest BCUT2D eigenvalue weighted by molar-refractivity contribution is 0.584. The van der Waals surface area contributed by atoms with Crippen molar-refractivity contribution >= 4 is 5.69 Å². The van der Waals surface area contributed by atoms with Gasteiger partial charge in [0.05, 0.1) is 5.69 Å². The molecular weight excluding hydrogens is 208 g/mol. The standard InChI is InChI=1S/C15H16N2/c1-15(2)10-17-14-8-13(16-9-12(14)15)11-6-4-3-5-7-11/h3-9,17H,10H2,1-2H3. The quantitative estimate of drug-likeness (QED) is 0.802. The summed E-state index contributed by atoms with van der Waals surface area (Å²) in [5.74, 6) is 0. The van der Waals surface area contributed by atoms with E-state index < -0.39 is 0 Å². The number of benzene rings is 1. The van der Waals surface area contributed by atoms with E-state index in [2.05, 4.69) is 42.3 Å². The molecule has 0 saturated heterocycles. The lowest BCUT2D eigenvalue weighted by Crippen LogP contribution is -2.18. The molecular formula is C15H16N2. The Morgan fingerprint density at radius 2 is 1.94 bits per heavy atom. The largest absolute Gasteiger partial charge is 0.384 e. The smallest absolute Gasteiger partial charge is 0.0722 e. The van der Waals surface area contributed by atoms with Crippen LogP contribution in [0.1, 0.15) is 19.4 Å². The zero-order valence-corrected chi connectivity index (χ0v) is 10.2. The summed E-state index contributed by atoms with van der Waals surface area (Å²) in [4.78, 5) is 4.58. The third-order valence-corrected chi connectivity index (χ3v) is 3.42. The molecule has 1 aliphatic heterocycles. The van der Waals surface area contributed by atoms with Crippen LogP contribution in [0.25, 0.3) is 11.3 Å². The monoisotopic (exact) mass is 224 g/mol. The van der Waals surface area contributed by atoms with Crippen molar-refractivity contribution < 1.29 is 0 Å². The maximum absolute atomic E-state index is 4.58. The molecule has 1 aromatic carbocycles. The van der Waals surface area contributed by atoms with Gasteiger partial charge in [-0.1, -0.05) is 44.2 Å². The predicted molar refractivity (Wildman–Crippen MR) is 71.2 cm³/mol. The minimum atomic E-state index is 0.192. The minimum Gasteiger partial charge on any atom is -0.384 e. The van der Waals surface area contributed by atoms with Crippen molar-refractivity contribution in [2.45, 2.75) is 19.3 Å². The molecule has 0 aliphatic carbocycles. The summed E-state index contributed by atoms with van der Waals surface area (Å²) in [6.07, 6.45) is 2.01. The van der Waals surface area contributed by atoms with Crippen molar-refractivity contribution in [1.82, 2.24) is 4.98 Å². The zero-order chi connectivity index (χ0) is 11.9.